The van der Waals surface area contributed by atoms with Crippen LogP contribution >= 0.6 is 11.6 Å². The van der Waals surface area contributed by atoms with Gasteiger partial charge in [0.05, 0.1) is 0 Å². The van der Waals surface area contributed by atoms with Gasteiger partial charge in [-0.15, -0.1) is 11.6 Å². The topological polar surface area (TPSA) is 3.24 Å². The van der Waals surface area contributed by atoms with Gasteiger partial charge in [0.15, 0.2) is 0 Å². The average Bonchev–Trinajstić information content (AvgIpc) is 2.87. The van der Waals surface area contributed by atoms with Gasteiger partial charge in [-0.05, 0) is 67.7 Å². The number of halogens is 1. The minimum Gasteiger partial charge on any atom is -0.299 e. The van der Waals surface area contributed by atoms with Gasteiger partial charge in [0.1, 0.15) is 0 Å². The lowest BCUT2D eigenvalue weighted by Gasteiger charge is -2.32. The molecule has 19 heavy (non-hydrogen) atoms. The summed E-state index contributed by atoms with van der Waals surface area (Å²) in [6.07, 6.45) is 7.82. The van der Waals surface area contributed by atoms with Crippen molar-refractivity contribution >= 4 is 11.6 Å². The van der Waals surface area contributed by atoms with E-state index in [-0.39, 0.29) is 0 Å². The van der Waals surface area contributed by atoms with Crippen molar-refractivity contribution in [1.82, 2.24) is 4.90 Å². The molecule has 0 amide bonds. The number of fused-ring (bicyclic) bond motifs is 1. The molecule has 1 unspecified atom stereocenters. The third kappa shape index (κ3) is 3.32. The summed E-state index contributed by atoms with van der Waals surface area (Å²) in [6.45, 7) is 3.63. The fraction of sp³-hybridized carbons (Fsp3) is 0.647. The summed E-state index contributed by atoms with van der Waals surface area (Å²) in [5.74, 6) is 1.64. The van der Waals surface area contributed by atoms with Crippen molar-refractivity contribution in [2.45, 2.75) is 45.1 Å². The Labute approximate surface area is 121 Å². The fourth-order valence-corrected chi connectivity index (χ4v) is 3.98. The van der Waals surface area contributed by atoms with Crippen LogP contribution in [0.2, 0.25) is 0 Å². The highest BCUT2D eigenvalue weighted by atomic mass is 35.5. The van der Waals surface area contributed by atoms with E-state index in [1.807, 2.05) is 0 Å². The van der Waals surface area contributed by atoms with Crippen LogP contribution in [0.1, 0.15) is 42.4 Å². The second-order valence-electron chi connectivity index (χ2n) is 6.18. The van der Waals surface area contributed by atoms with Crippen molar-refractivity contribution in [3.05, 3.63) is 34.9 Å². The molecule has 0 N–H and O–H groups in total. The van der Waals surface area contributed by atoms with Crippen LogP contribution in [-0.2, 0) is 19.4 Å². The number of likely N-dealkylation sites (tertiary alicyclic amines) is 1. The van der Waals surface area contributed by atoms with Gasteiger partial charge in [-0.3, -0.25) is 4.90 Å². The molecule has 1 atom stereocenters. The molecule has 1 aromatic carbocycles. The number of rotatable bonds is 4. The molecule has 0 spiro atoms. The maximum absolute atomic E-state index is 5.89. The lowest BCUT2D eigenvalue weighted by molar-refractivity contribution is 0.165. The van der Waals surface area contributed by atoms with Crippen LogP contribution in [0.5, 0.6) is 0 Å². The number of hydrogen-bond acceptors (Lipinski definition) is 1. The van der Waals surface area contributed by atoms with Crippen molar-refractivity contribution < 1.29 is 0 Å². The highest BCUT2D eigenvalue weighted by Crippen LogP contribution is 2.25. The molecule has 1 aliphatic heterocycles. The van der Waals surface area contributed by atoms with Gasteiger partial charge >= 0.3 is 0 Å². The quantitative estimate of drug-likeness (QED) is 0.752. The second-order valence-corrected chi connectivity index (χ2v) is 6.56. The van der Waals surface area contributed by atoms with E-state index in [0.717, 1.165) is 18.3 Å². The van der Waals surface area contributed by atoms with E-state index in [9.17, 15) is 0 Å². The lowest BCUT2D eigenvalue weighted by atomic mass is 9.95. The summed E-state index contributed by atoms with van der Waals surface area (Å²) in [6, 6.07) is 7.15. The van der Waals surface area contributed by atoms with Crippen LogP contribution in [0.3, 0.4) is 0 Å². The van der Waals surface area contributed by atoms with Crippen LogP contribution < -0.4 is 0 Å². The summed E-state index contributed by atoms with van der Waals surface area (Å²) in [5, 5.41) is 0. The van der Waals surface area contributed by atoms with Gasteiger partial charge in [0.25, 0.3) is 0 Å². The van der Waals surface area contributed by atoms with Crippen LogP contribution in [0.15, 0.2) is 18.2 Å². The predicted octanol–water partition coefficient (Wildman–Crippen LogP) is 4.02. The third-order valence-corrected chi connectivity index (χ3v) is 4.91. The van der Waals surface area contributed by atoms with Crippen LogP contribution in [0, 0.1) is 5.92 Å². The molecule has 3 rings (SSSR count). The highest BCUT2D eigenvalue weighted by Gasteiger charge is 2.20. The smallest absolute Gasteiger partial charge is 0.0233 e. The Hall–Kier alpha value is -0.530. The van der Waals surface area contributed by atoms with Crippen LogP contribution in [-0.4, -0.2) is 23.9 Å². The minimum atomic E-state index is 0.817. The monoisotopic (exact) mass is 277 g/mol. The second kappa shape index (κ2) is 6.28. The predicted molar refractivity (Wildman–Crippen MR) is 81.8 cm³/mol. The standard InChI is InChI=1S/C17H24ClN/c18-9-8-14-3-2-10-19(12-14)13-15-6-7-16-4-1-5-17(16)11-15/h6-7,11,14H,1-5,8-10,12-13H2. The van der Waals surface area contributed by atoms with Gasteiger partial charge in [-0.1, -0.05) is 18.2 Å². The Morgan fingerprint density at radius 1 is 1.16 bits per heavy atom. The first-order chi connectivity index (χ1) is 9.35. The molecule has 1 heterocycles. The summed E-state index contributed by atoms with van der Waals surface area (Å²) in [4.78, 5) is 2.62. The first kappa shape index (κ1) is 13.5. The molecule has 1 fully saturated rings. The summed E-state index contributed by atoms with van der Waals surface area (Å²) < 4.78 is 0. The fourth-order valence-electron chi connectivity index (χ4n) is 3.67. The van der Waals surface area contributed by atoms with E-state index in [1.165, 1.54) is 57.2 Å². The molecule has 104 valence electrons. The van der Waals surface area contributed by atoms with Gasteiger partial charge in [0, 0.05) is 19.0 Å². The third-order valence-electron chi connectivity index (χ3n) is 4.69. The molecule has 1 saturated heterocycles. The molecular formula is C17H24ClN. The summed E-state index contributed by atoms with van der Waals surface area (Å²) in [7, 11) is 0. The van der Waals surface area contributed by atoms with Gasteiger partial charge in [-0.2, -0.15) is 0 Å². The van der Waals surface area contributed by atoms with Crippen molar-refractivity contribution in [3.8, 4) is 0 Å². The Morgan fingerprint density at radius 3 is 2.95 bits per heavy atom. The number of hydrogen-bond donors (Lipinski definition) is 0. The normalized spacial score (nSPS) is 23.5. The minimum absolute atomic E-state index is 0.817. The van der Waals surface area contributed by atoms with E-state index in [4.69, 9.17) is 11.6 Å². The van der Waals surface area contributed by atoms with E-state index >= 15 is 0 Å². The first-order valence-electron chi connectivity index (χ1n) is 7.74. The zero-order chi connectivity index (χ0) is 13.1. The largest absolute Gasteiger partial charge is 0.299 e. The average molecular weight is 278 g/mol. The van der Waals surface area contributed by atoms with E-state index in [2.05, 4.69) is 23.1 Å². The van der Waals surface area contributed by atoms with E-state index in [0.29, 0.717) is 0 Å². The molecule has 0 bridgehead atoms. The first-order valence-corrected chi connectivity index (χ1v) is 8.27. The zero-order valence-electron chi connectivity index (χ0n) is 11.7. The molecule has 0 saturated carbocycles. The summed E-state index contributed by atoms with van der Waals surface area (Å²) in [5.41, 5.74) is 4.70. The van der Waals surface area contributed by atoms with Crippen molar-refractivity contribution in [2.24, 2.45) is 5.92 Å². The summed E-state index contributed by atoms with van der Waals surface area (Å²) >= 11 is 5.89. The highest BCUT2D eigenvalue weighted by molar-refractivity contribution is 6.17. The van der Waals surface area contributed by atoms with E-state index in [1.54, 1.807) is 11.1 Å². The maximum Gasteiger partial charge on any atom is 0.0233 e. The molecule has 1 nitrogen and oxygen atoms in total. The molecule has 1 aliphatic carbocycles. The van der Waals surface area contributed by atoms with Gasteiger partial charge in [0.2, 0.25) is 0 Å². The Balaban J connectivity index is 1.61. The van der Waals surface area contributed by atoms with Gasteiger partial charge in [-0.25, -0.2) is 0 Å². The molecule has 0 aromatic heterocycles. The molecule has 1 aromatic rings. The Bertz CT molecular complexity index is 427. The Morgan fingerprint density at radius 2 is 2.05 bits per heavy atom. The van der Waals surface area contributed by atoms with Crippen molar-refractivity contribution in [3.63, 3.8) is 0 Å². The van der Waals surface area contributed by atoms with Crippen molar-refractivity contribution in [1.29, 1.82) is 0 Å². The van der Waals surface area contributed by atoms with Crippen molar-refractivity contribution in [2.75, 3.05) is 19.0 Å². The number of alkyl halides is 1. The number of benzene rings is 1. The number of nitrogens with zero attached hydrogens (tertiary/aromatic N) is 1. The molecular weight excluding hydrogens is 254 g/mol. The van der Waals surface area contributed by atoms with E-state index < -0.39 is 0 Å². The number of piperidine rings is 1. The lowest BCUT2D eigenvalue weighted by Crippen LogP contribution is -2.35. The molecule has 0 radical (unpaired) electrons. The Kier molecular flexibility index (Phi) is 4.45. The molecule has 2 heteroatoms. The zero-order valence-corrected chi connectivity index (χ0v) is 12.5. The van der Waals surface area contributed by atoms with Crippen LogP contribution in [0.4, 0.5) is 0 Å². The number of aryl methyl sites for hydroxylation is 2. The maximum atomic E-state index is 5.89. The van der Waals surface area contributed by atoms with Gasteiger partial charge < -0.3 is 0 Å². The SMILES string of the molecule is ClCCC1CCCN(Cc2ccc3c(c2)CCC3)C1. The van der Waals surface area contributed by atoms with Crippen LogP contribution in [0.25, 0.3) is 0 Å². The molecule has 2 aliphatic rings.